The van der Waals surface area contributed by atoms with Gasteiger partial charge in [-0.2, -0.15) is 0 Å². The van der Waals surface area contributed by atoms with E-state index < -0.39 is 0 Å². The van der Waals surface area contributed by atoms with Gasteiger partial charge in [0.05, 0.1) is 0 Å². The zero-order valence-electron chi connectivity index (χ0n) is 12.3. The van der Waals surface area contributed by atoms with Gasteiger partial charge in [-0.15, -0.1) is 11.6 Å². The molecule has 1 aromatic rings. The van der Waals surface area contributed by atoms with E-state index in [1.807, 2.05) is 29.2 Å². The molecule has 0 aliphatic carbocycles. The van der Waals surface area contributed by atoms with Crippen molar-refractivity contribution in [2.75, 3.05) is 26.7 Å². The number of carbonyl (C=O) groups is 1. The number of benzene rings is 1. The van der Waals surface area contributed by atoms with Crippen molar-refractivity contribution in [1.29, 1.82) is 0 Å². The summed E-state index contributed by atoms with van der Waals surface area (Å²) in [6.45, 7) is 5.01. The molecule has 0 aromatic heterocycles. The van der Waals surface area contributed by atoms with Gasteiger partial charge in [0.25, 0.3) is 5.91 Å². The summed E-state index contributed by atoms with van der Waals surface area (Å²) in [5, 5.41) is 0. The van der Waals surface area contributed by atoms with Gasteiger partial charge in [0, 0.05) is 30.6 Å². The first-order valence-corrected chi connectivity index (χ1v) is 7.83. The minimum absolute atomic E-state index is 0.138. The first kappa shape index (κ1) is 15.3. The average Bonchev–Trinajstić information content (AvgIpc) is 2.67. The van der Waals surface area contributed by atoms with E-state index >= 15 is 0 Å². The predicted molar refractivity (Wildman–Crippen MR) is 83.2 cm³/mol. The number of carbonyl (C=O) groups excluding carboxylic acids is 1. The number of halogens is 1. The van der Waals surface area contributed by atoms with Gasteiger partial charge in [-0.05, 0) is 44.1 Å². The number of likely N-dealkylation sites (N-methyl/N-ethyl adjacent to an activating group) is 1. The Morgan fingerprint density at radius 1 is 1.40 bits per heavy atom. The first-order valence-electron chi connectivity index (χ1n) is 7.30. The number of hydrogen-bond donors (Lipinski definition) is 0. The largest absolute Gasteiger partial charge is 0.334 e. The van der Waals surface area contributed by atoms with Crippen molar-refractivity contribution >= 4 is 17.5 Å². The molecule has 1 aromatic carbocycles. The highest BCUT2D eigenvalue weighted by Gasteiger charge is 2.26. The van der Waals surface area contributed by atoms with Crippen molar-refractivity contribution in [3.63, 3.8) is 0 Å². The molecule has 0 bridgehead atoms. The standard InChI is InChI=1S/C16H23ClN2O/c1-3-15-12-18(2)8-5-9-19(15)16(20)14-7-4-6-13(10-14)11-17/h4,6-7,10,15H,3,5,8-9,11-12H2,1-2H3. The molecule has 110 valence electrons. The van der Waals surface area contributed by atoms with Gasteiger partial charge in [-0.3, -0.25) is 4.79 Å². The van der Waals surface area contributed by atoms with Crippen molar-refractivity contribution in [3.05, 3.63) is 35.4 Å². The Morgan fingerprint density at radius 2 is 2.20 bits per heavy atom. The minimum Gasteiger partial charge on any atom is -0.334 e. The van der Waals surface area contributed by atoms with Gasteiger partial charge in [0.15, 0.2) is 0 Å². The lowest BCUT2D eigenvalue weighted by Crippen LogP contribution is -2.43. The van der Waals surface area contributed by atoms with Gasteiger partial charge in [-0.25, -0.2) is 0 Å². The van der Waals surface area contributed by atoms with Crippen LogP contribution in [0.25, 0.3) is 0 Å². The number of rotatable bonds is 3. The second-order valence-corrected chi connectivity index (χ2v) is 5.78. The van der Waals surface area contributed by atoms with Crippen molar-refractivity contribution in [1.82, 2.24) is 9.80 Å². The molecule has 1 aliphatic heterocycles. The molecule has 1 fully saturated rings. The maximum absolute atomic E-state index is 12.8. The van der Waals surface area contributed by atoms with E-state index in [-0.39, 0.29) is 5.91 Å². The summed E-state index contributed by atoms with van der Waals surface area (Å²) in [6, 6.07) is 7.97. The molecule has 0 spiro atoms. The van der Waals surface area contributed by atoms with Gasteiger partial charge in [-0.1, -0.05) is 19.1 Å². The lowest BCUT2D eigenvalue weighted by molar-refractivity contribution is 0.0675. The summed E-state index contributed by atoms with van der Waals surface area (Å²) in [7, 11) is 2.13. The summed E-state index contributed by atoms with van der Waals surface area (Å²) in [4.78, 5) is 17.1. The molecule has 1 amide bonds. The SMILES string of the molecule is CCC1CN(C)CCCN1C(=O)c1cccc(CCl)c1. The molecule has 4 heteroatoms. The van der Waals surface area contributed by atoms with Crippen LogP contribution >= 0.6 is 11.6 Å². The fourth-order valence-electron chi connectivity index (χ4n) is 2.81. The van der Waals surface area contributed by atoms with Crippen LogP contribution in [0.2, 0.25) is 0 Å². The van der Waals surface area contributed by atoms with Crippen LogP contribution in [0.1, 0.15) is 35.7 Å². The molecular weight excluding hydrogens is 272 g/mol. The third kappa shape index (κ3) is 3.53. The van der Waals surface area contributed by atoms with E-state index in [2.05, 4.69) is 18.9 Å². The Balaban J connectivity index is 2.20. The Bertz CT molecular complexity index is 464. The highest BCUT2D eigenvalue weighted by Crippen LogP contribution is 2.17. The van der Waals surface area contributed by atoms with Crippen LogP contribution in [0, 0.1) is 0 Å². The molecule has 1 aliphatic rings. The highest BCUT2D eigenvalue weighted by molar-refractivity contribution is 6.17. The topological polar surface area (TPSA) is 23.6 Å². The van der Waals surface area contributed by atoms with Crippen molar-refractivity contribution < 1.29 is 4.79 Å². The van der Waals surface area contributed by atoms with Gasteiger partial charge in [0.1, 0.15) is 0 Å². The molecule has 2 rings (SSSR count). The molecule has 1 atom stereocenters. The summed E-state index contributed by atoms with van der Waals surface area (Å²) < 4.78 is 0. The molecule has 0 radical (unpaired) electrons. The van der Waals surface area contributed by atoms with E-state index in [1.165, 1.54) is 0 Å². The van der Waals surface area contributed by atoms with E-state index in [0.29, 0.717) is 11.9 Å². The lowest BCUT2D eigenvalue weighted by Gasteiger charge is -2.30. The van der Waals surface area contributed by atoms with Gasteiger partial charge < -0.3 is 9.80 Å². The molecule has 0 N–H and O–H groups in total. The average molecular weight is 295 g/mol. The van der Waals surface area contributed by atoms with Crippen LogP contribution in [0.3, 0.4) is 0 Å². The number of amides is 1. The van der Waals surface area contributed by atoms with Crippen LogP contribution in [0.5, 0.6) is 0 Å². The quantitative estimate of drug-likeness (QED) is 0.800. The fraction of sp³-hybridized carbons (Fsp3) is 0.562. The van der Waals surface area contributed by atoms with E-state index in [1.54, 1.807) is 0 Å². The maximum atomic E-state index is 12.8. The Morgan fingerprint density at radius 3 is 2.90 bits per heavy atom. The minimum atomic E-state index is 0.138. The Labute approximate surface area is 126 Å². The van der Waals surface area contributed by atoms with Crippen LogP contribution in [0.15, 0.2) is 24.3 Å². The molecule has 1 saturated heterocycles. The van der Waals surface area contributed by atoms with Crippen molar-refractivity contribution in [2.45, 2.75) is 31.7 Å². The Hall–Kier alpha value is -1.06. The van der Waals surface area contributed by atoms with Crippen LogP contribution in [-0.2, 0) is 5.88 Å². The van der Waals surface area contributed by atoms with Crippen LogP contribution in [-0.4, -0.2) is 48.4 Å². The molecular formula is C16H23ClN2O. The summed E-state index contributed by atoms with van der Waals surface area (Å²) in [5.74, 6) is 0.584. The number of nitrogens with zero attached hydrogens (tertiary/aromatic N) is 2. The monoisotopic (exact) mass is 294 g/mol. The fourth-order valence-corrected chi connectivity index (χ4v) is 2.98. The van der Waals surface area contributed by atoms with E-state index in [9.17, 15) is 4.79 Å². The third-order valence-corrected chi connectivity index (χ3v) is 4.27. The maximum Gasteiger partial charge on any atom is 0.254 e. The smallest absolute Gasteiger partial charge is 0.254 e. The lowest BCUT2D eigenvalue weighted by atomic mass is 10.1. The van der Waals surface area contributed by atoms with Gasteiger partial charge >= 0.3 is 0 Å². The zero-order valence-corrected chi connectivity index (χ0v) is 13.1. The zero-order chi connectivity index (χ0) is 14.5. The predicted octanol–water partition coefficient (Wildman–Crippen LogP) is 2.98. The summed E-state index contributed by atoms with van der Waals surface area (Å²) in [6.07, 6.45) is 2.03. The van der Waals surface area contributed by atoms with Crippen molar-refractivity contribution in [3.8, 4) is 0 Å². The normalized spacial score (nSPS) is 20.8. The molecule has 1 unspecified atom stereocenters. The number of alkyl halides is 1. The second kappa shape index (κ2) is 7.09. The Kier molecular flexibility index (Phi) is 5.44. The van der Waals surface area contributed by atoms with Crippen LogP contribution in [0.4, 0.5) is 0 Å². The molecule has 20 heavy (non-hydrogen) atoms. The molecule has 1 heterocycles. The van der Waals surface area contributed by atoms with E-state index in [0.717, 1.165) is 43.6 Å². The van der Waals surface area contributed by atoms with Crippen LogP contribution < -0.4 is 0 Å². The summed E-state index contributed by atoms with van der Waals surface area (Å²) in [5.41, 5.74) is 1.75. The summed E-state index contributed by atoms with van der Waals surface area (Å²) >= 11 is 5.86. The van der Waals surface area contributed by atoms with Gasteiger partial charge in [0.2, 0.25) is 0 Å². The second-order valence-electron chi connectivity index (χ2n) is 5.51. The first-order chi connectivity index (χ1) is 9.65. The molecule has 3 nitrogen and oxygen atoms in total. The number of hydrogen-bond acceptors (Lipinski definition) is 2. The van der Waals surface area contributed by atoms with E-state index in [4.69, 9.17) is 11.6 Å². The van der Waals surface area contributed by atoms with Crippen molar-refractivity contribution in [2.24, 2.45) is 0 Å². The third-order valence-electron chi connectivity index (χ3n) is 3.96. The molecule has 0 saturated carbocycles. The highest BCUT2D eigenvalue weighted by atomic mass is 35.5.